The third kappa shape index (κ3) is 9240. The molecule has 13 heavy (non-hydrogen) atoms. The van der Waals surface area contributed by atoms with Gasteiger partial charge in [0.1, 0.15) is 0 Å². The van der Waals surface area contributed by atoms with Gasteiger partial charge in [0.2, 0.25) is 0 Å². The maximum atomic E-state index is 10.4. The molecule has 0 aliphatic heterocycles. The van der Waals surface area contributed by atoms with Crippen LogP contribution >= 0.6 is 7.91 Å². The van der Waals surface area contributed by atoms with Gasteiger partial charge in [-0.2, -0.15) is 0 Å². The van der Waals surface area contributed by atoms with Crippen LogP contribution in [0.2, 0.25) is 0 Å². The van der Waals surface area contributed by atoms with Gasteiger partial charge in [-0.3, -0.25) is 18.2 Å². The summed E-state index contributed by atoms with van der Waals surface area (Å²) in [6.45, 7) is 0. The smallest absolute Gasteiger partial charge is 0.299 e. The molecule has 0 atom stereocenters. The first-order valence-electron chi connectivity index (χ1n) is 2.72. The first kappa shape index (κ1) is 19.0. The second-order valence-corrected chi connectivity index (χ2v) is 5.87. The Bertz CT molecular complexity index is 174. The lowest BCUT2D eigenvalue weighted by Crippen LogP contribution is -1.70. The van der Waals surface area contributed by atoms with Crippen molar-refractivity contribution in [1.82, 2.24) is 0 Å². The molecule has 0 aromatic rings. The van der Waals surface area contributed by atoms with E-state index in [-0.39, 0.29) is 0 Å². The van der Waals surface area contributed by atoms with E-state index in [1.807, 2.05) is 0 Å². The molecule has 0 saturated heterocycles. The van der Waals surface area contributed by atoms with Crippen LogP contribution in [-0.4, -0.2) is 43.2 Å². The maximum Gasteiger partial charge on any atom is 0.507 e. The van der Waals surface area contributed by atoms with Crippen LogP contribution in [0.3, 0.4) is 0 Å². The van der Waals surface area contributed by atoms with E-state index in [9.17, 15) is 12.6 Å². The van der Waals surface area contributed by atoms with E-state index in [4.69, 9.17) is 14.4 Å². The van der Waals surface area contributed by atoms with Crippen LogP contribution < -0.4 is 0 Å². The summed E-state index contributed by atoms with van der Waals surface area (Å²) >= 11 is 0. The zero-order chi connectivity index (χ0) is 11.7. The normalized spacial score (nSPS) is 9.92. The molecule has 0 aromatic heterocycles. The summed E-state index contributed by atoms with van der Waals surface area (Å²) in [6, 6.07) is 0. The van der Waals surface area contributed by atoms with E-state index >= 15 is 0 Å². The highest BCUT2D eigenvalue weighted by Crippen LogP contribution is 2.34. The zero-order valence-electron chi connectivity index (χ0n) is 7.76. The molecule has 5 nitrogen and oxygen atoms in total. The molecule has 0 spiro atoms. The highest BCUT2D eigenvalue weighted by Gasteiger charge is 2.04. The molecular formula is C4H14FO5PS2. The Kier molecular flexibility index (Phi) is 15.3. The van der Waals surface area contributed by atoms with Gasteiger partial charge in [-0.05, 0) is 0 Å². The minimum absolute atomic E-state index is 0.611. The first-order valence-corrected chi connectivity index (χ1v) is 8.15. The standard InChI is InChI=1S/2C2H6OS.FH2O3P/c2*1-4(2)3;1-5(2,3)4/h2*1-2H3;(H2,2,3,4). The van der Waals surface area contributed by atoms with Crippen molar-refractivity contribution in [3.05, 3.63) is 0 Å². The van der Waals surface area contributed by atoms with Crippen molar-refractivity contribution in [2.24, 2.45) is 0 Å². The predicted octanol–water partition coefficient (Wildman–Crippen LogP) is 0.0380. The average Bonchev–Trinajstić information content (AvgIpc) is 1.50. The number of halogens is 1. The van der Waals surface area contributed by atoms with Crippen LogP contribution in [0.4, 0.5) is 4.20 Å². The van der Waals surface area contributed by atoms with Crippen LogP contribution in [0.1, 0.15) is 0 Å². The minimum Gasteiger partial charge on any atom is -0.299 e. The minimum atomic E-state index is -5.14. The highest BCUT2D eigenvalue weighted by atomic mass is 32.2. The van der Waals surface area contributed by atoms with Gasteiger partial charge in [-0.1, -0.05) is 0 Å². The summed E-state index contributed by atoms with van der Waals surface area (Å²) in [5.74, 6) is 0. The second kappa shape index (κ2) is 10.5. The maximum absolute atomic E-state index is 10.4. The summed E-state index contributed by atoms with van der Waals surface area (Å²) in [5.41, 5.74) is 0. The zero-order valence-corrected chi connectivity index (χ0v) is 10.3. The van der Waals surface area contributed by atoms with Crippen LogP contribution in [0.15, 0.2) is 0 Å². The third-order valence-electron chi connectivity index (χ3n) is 0. The van der Waals surface area contributed by atoms with Crippen molar-refractivity contribution in [2.75, 3.05) is 25.0 Å². The summed E-state index contributed by atoms with van der Waals surface area (Å²) in [6.07, 6.45) is 6.56. The van der Waals surface area contributed by atoms with E-state index in [2.05, 4.69) is 0 Å². The van der Waals surface area contributed by atoms with Crippen molar-refractivity contribution in [2.45, 2.75) is 0 Å². The monoisotopic (exact) mass is 256 g/mol. The predicted molar refractivity (Wildman–Crippen MR) is 53.1 cm³/mol. The quantitative estimate of drug-likeness (QED) is 0.597. The molecule has 0 heterocycles. The lowest BCUT2D eigenvalue weighted by atomic mass is 11.9. The molecule has 84 valence electrons. The Morgan fingerprint density at radius 2 is 1.00 bits per heavy atom. The molecule has 0 bridgehead atoms. The van der Waals surface area contributed by atoms with Crippen molar-refractivity contribution in [1.29, 1.82) is 0 Å². The molecule has 0 saturated carbocycles. The fourth-order valence-electron chi connectivity index (χ4n) is 0. The van der Waals surface area contributed by atoms with Crippen molar-refractivity contribution in [3.8, 4) is 0 Å². The molecule has 0 amide bonds. The van der Waals surface area contributed by atoms with Crippen LogP contribution in [0, 0.1) is 0 Å². The molecule has 0 rings (SSSR count). The highest BCUT2D eigenvalue weighted by molar-refractivity contribution is 7.83. The Labute approximate surface area is 81.9 Å². The Morgan fingerprint density at radius 1 is 1.00 bits per heavy atom. The van der Waals surface area contributed by atoms with Crippen LogP contribution in [-0.2, 0) is 26.2 Å². The van der Waals surface area contributed by atoms with Crippen molar-refractivity contribution in [3.63, 3.8) is 0 Å². The van der Waals surface area contributed by atoms with E-state index in [1.165, 1.54) is 0 Å². The number of hydrogen-bond acceptors (Lipinski definition) is 3. The molecule has 0 radical (unpaired) electrons. The Balaban J connectivity index is -0.000000117. The lowest BCUT2D eigenvalue weighted by Gasteiger charge is -1.77. The lowest BCUT2D eigenvalue weighted by molar-refractivity contribution is 0.322. The molecule has 0 unspecified atom stereocenters. The van der Waals surface area contributed by atoms with Crippen molar-refractivity contribution < 1.29 is 27.0 Å². The topological polar surface area (TPSA) is 91.7 Å². The fourth-order valence-corrected chi connectivity index (χ4v) is 0. The molecule has 9 heteroatoms. The average molecular weight is 256 g/mol. The van der Waals surface area contributed by atoms with Gasteiger partial charge >= 0.3 is 7.91 Å². The van der Waals surface area contributed by atoms with Gasteiger partial charge in [0.15, 0.2) is 0 Å². The van der Waals surface area contributed by atoms with E-state index in [1.54, 1.807) is 25.0 Å². The first-order chi connectivity index (χ1) is 5.46. The SMILES string of the molecule is CS(C)=O.CS(C)=O.O=P(O)(O)F. The van der Waals surface area contributed by atoms with Crippen LogP contribution in [0.5, 0.6) is 0 Å². The van der Waals surface area contributed by atoms with Gasteiger partial charge in [0.25, 0.3) is 0 Å². The summed E-state index contributed by atoms with van der Waals surface area (Å²) in [5, 5.41) is 0. The van der Waals surface area contributed by atoms with Gasteiger partial charge in [-0.25, -0.2) is 4.57 Å². The number of hydrogen-bond donors (Lipinski definition) is 2. The van der Waals surface area contributed by atoms with E-state index < -0.39 is 29.5 Å². The number of rotatable bonds is 0. The molecule has 0 aromatic carbocycles. The largest absolute Gasteiger partial charge is 0.507 e. The molecule has 0 aliphatic carbocycles. The van der Waals surface area contributed by atoms with E-state index in [0.717, 1.165) is 0 Å². The molecule has 0 fully saturated rings. The van der Waals surface area contributed by atoms with Crippen molar-refractivity contribution >= 4 is 29.5 Å². The molecular weight excluding hydrogens is 242 g/mol. The summed E-state index contributed by atoms with van der Waals surface area (Å²) < 4.78 is 38.1. The van der Waals surface area contributed by atoms with Gasteiger partial charge in [0, 0.05) is 46.6 Å². The van der Waals surface area contributed by atoms with E-state index in [0.29, 0.717) is 0 Å². The Morgan fingerprint density at radius 3 is 1.00 bits per heavy atom. The molecule has 0 aliphatic rings. The summed E-state index contributed by atoms with van der Waals surface area (Å²) in [7, 11) is -6.36. The second-order valence-electron chi connectivity index (χ2n) is 1.96. The van der Waals surface area contributed by atoms with Gasteiger partial charge in [-0.15, -0.1) is 4.20 Å². The third-order valence-corrected chi connectivity index (χ3v) is 0. The Hall–Kier alpha value is 0.380. The fraction of sp³-hybridized carbons (Fsp3) is 1.00. The molecule has 2 N–H and O–H groups in total. The van der Waals surface area contributed by atoms with Gasteiger partial charge < -0.3 is 0 Å². The van der Waals surface area contributed by atoms with Gasteiger partial charge in [0.05, 0.1) is 0 Å². The van der Waals surface area contributed by atoms with Crippen LogP contribution in [0.25, 0.3) is 0 Å². The summed E-state index contributed by atoms with van der Waals surface area (Å²) in [4.78, 5) is 13.9.